The van der Waals surface area contributed by atoms with Gasteiger partial charge in [0.15, 0.2) is 0 Å². The molecule has 98 valence electrons. The molecular weight excluding hydrogens is 258 g/mol. The van der Waals surface area contributed by atoms with Crippen molar-refractivity contribution >= 4 is 22.7 Å². The summed E-state index contributed by atoms with van der Waals surface area (Å²) in [6.45, 7) is 7.96. The molecule has 0 fully saturated rings. The minimum absolute atomic E-state index is 0.367. The van der Waals surface area contributed by atoms with Crippen molar-refractivity contribution in [1.29, 1.82) is 0 Å². The molecule has 2 heterocycles. The number of hydrogen-bond acceptors (Lipinski definition) is 3. The molecule has 0 radical (unpaired) electrons. The number of rotatable bonds is 6. The first-order valence-electron chi connectivity index (χ1n) is 6.48. The van der Waals surface area contributed by atoms with E-state index in [1.165, 1.54) is 9.75 Å². The molecule has 1 nitrogen and oxygen atoms in total. The van der Waals surface area contributed by atoms with Crippen molar-refractivity contribution in [3.05, 3.63) is 44.8 Å². The number of thiophene rings is 2. The summed E-state index contributed by atoms with van der Waals surface area (Å²) >= 11 is 3.67. The lowest BCUT2D eigenvalue weighted by Gasteiger charge is -2.21. The maximum Gasteiger partial charge on any atom is 0.0764 e. The molecule has 0 aliphatic carbocycles. The molecule has 1 N–H and O–H groups in total. The molecule has 2 rings (SSSR count). The fourth-order valence-corrected chi connectivity index (χ4v) is 3.50. The van der Waals surface area contributed by atoms with Gasteiger partial charge in [0.2, 0.25) is 0 Å². The Bertz CT molecular complexity index is 397. The van der Waals surface area contributed by atoms with Gasteiger partial charge in [-0.1, -0.05) is 32.9 Å². The summed E-state index contributed by atoms with van der Waals surface area (Å²) in [5.74, 6) is 1.43. The topological polar surface area (TPSA) is 12.0 Å². The van der Waals surface area contributed by atoms with E-state index in [-0.39, 0.29) is 0 Å². The molecule has 1 unspecified atom stereocenters. The van der Waals surface area contributed by atoms with Crippen molar-refractivity contribution in [3.63, 3.8) is 0 Å². The minimum atomic E-state index is 0.367. The molecular formula is C15H21NS2. The first kappa shape index (κ1) is 13.8. The SMILES string of the molecule is CC(C)C(C)CNC(c1cccs1)c1cccs1. The highest BCUT2D eigenvalue weighted by molar-refractivity contribution is 7.11. The Morgan fingerprint density at radius 3 is 1.94 bits per heavy atom. The van der Waals surface area contributed by atoms with E-state index >= 15 is 0 Å². The lowest BCUT2D eigenvalue weighted by atomic mass is 9.98. The second kappa shape index (κ2) is 6.50. The second-order valence-electron chi connectivity index (χ2n) is 5.09. The van der Waals surface area contributed by atoms with Gasteiger partial charge in [-0.25, -0.2) is 0 Å². The van der Waals surface area contributed by atoms with E-state index in [4.69, 9.17) is 0 Å². The third kappa shape index (κ3) is 3.44. The van der Waals surface area contributed by atoms with Gasteiger partial charge in [0.25, 0.3) is 0 Å². The molecule has 0 spiro atoms. The van der Waals surface area contributed by atoms with Crippen molar-refractivity contribution in [2.24, 2.45) is 11.8 Å². The van der Waals surface area contributed by atoms with Gasteiger partial charge in [0, 0.05) is 9.75 Å². The van der Waals surface area contributed by atoms with Crippen LogP contribution < -0.4 is 5.32 Å². The lowest BCUT2D eigenvalue weighted by Crippen LogP contribution is -2.28. The standard InChI is InChI=1S/C15H21NS2/c1-11(2)12(3)10-16-15(13-6-4-8-17-13)14-7-5-9-18-14/h4-9,11-12,15-16H,10H2,1-3H3. The average Bonchev–Trinajstić information content (AvgIpc) is 3.01. The van der Waals surface area contributed by atoms with E-state index in [2.05, 4.69) is 61.1 Å². The molecule has 0 amide bonds. The summed E-state index contributed by atoms with van der Waals surface area (Å²) in [4.78, 5) is 2.82. The third-order valence-electron chi connectivity index (χ3n) is 3.44. The van der Waals surface area contributed by atoms with Crippen LogP contribution in [0.5, 0.6) is 0 Å². The first-order valence-corrected chi connectivity index (χ1v) is 8.24. The summed E-state index contributed by atoms with van der Waals surface area (Å²) in [5, 5.41) is 8.04. The van der Waals surface area contributed by atoms with Gasteiger partial charge < -0.3 is 5.32 Å². The predicted molar refractivity (Wildman–Crippen MR) is 82.5 cm³/mol. The van der Waals surface area contributed by atoms with Crippen LogP contribution in [-0.4, -0.2) is 6.54 Å². The summed E-state index contributed by atoms with van der Waals surface area (Å²) in [6, 6.07) is 9.08. The fraction of sp³-hybridized carbons (Fsp3) is 0.467. The molecule has 2 aromatic heterocycles. The predicted octanol–water partition coefficient (Wildman–Crippen LogP) is 4.78. The molecule has 1 atom stereocenters. The van der Waals surface area contributed by atoms with Crippen LogP contribution >= 0.6 is 22.7 Å². The van der Waals surface area contributed by atoms with E-state index in [1.807, 2.05) is 22.7 Å². The van der Waals surface area contributed by atoms with E-state index in [1.54, 1.807) is 0 Å². The molecule has 0 aliphatic rings. The van der Waals surface area contributed by atoms with Crippen LogP contribution in [0, 0.1) is 11.8 Å². The van der Waals surface area contributed by atoms with Crippen LogP contribution in [0.3, 0.4) is 0 Å². The van der Waals surface area contributed by atoms with E-state index in [0.29, 0.717) is 12.0 Å². The van der Waals surface area contributed by atoms with Gasteiger partial charge in [-0.15, -0.1) is 22.7 Å². The van der Waals surface area contributed by atoms with Gasteiger partial charge in [-0.2, -0.15) is 0 Å². The van der Waals surface area contributed by atoms with E-state index in [9.17, 15) is 0 Å². The highest BCUT2D eigenvalue weighted by atomic mass is 32.1. The third-order valence-corrected chi connectivity index (χ3v) is 5.31. The maximum atomic E-state index is 3.73. The Balaban J connectivity index is 2.07. The highest BCUT2D eigenvalue weighted by Crippen LogP contribution is 2.29. The van der Waals surface area contributed by atoms with Crippen LogP contribution in [0.4, 0.5) is 0 Å². The molecule has 0 aliphatic heterocycles. The first-order chi connectivity index (χ1) is 8.68. The van der Waals surface area contributed by atoms with Crippen LogP contribution in [0.1, 0.15) is 36.6 Å². The lowest BCUT2D eigenvalue weighted by molar-refractivity contribution is 0.383. The van der Waals surface area contributed by atoms with Gasteiger partial charge in [-0.3, -0.25) is 0 Å². The Morgan fingerprint density at radius 1 is 1.00 bits per heavy atom. The zero-order chi connectivity index (χ0) is 13.0. The largest absolute Gasteiger partial charge is 0.305 e. The quantitative estimate of drug-likeness (QED) is 0.802. The Hall–Kier alpha value is -0.640. The summed E-state index contributed by atoms with van der Waals surface area (Å²) in [5.41, 5.74) is 0. The van der Waals surface area contributed by atoms with Crippen molar-refractivity contribution in [2.75, 3.05) is 6.54 Å². The summed E-state index contributed by atoms with van der Waals surface area (Å²) in [7, 11) is 0. The van der Waals surface area contributed by atoms with Crippen LogP contribution in [0.2, 0.25) is 0 Å². The molecule has 2 aromatic rings. The van der Waals surface area contributed by atoms with Crippen molar-refractivity contribution < 1.29 is 0 Å². The van der Waals surface area contributed by atoms with E-state index in [0.717, 1.165) is 12.5 Å². The molecule has 0 saturated carbocycles. The summed E-state index contributed by atoms with van der Waals surface area (Å²) < 4.78 is 0. The molecule has 0 aromatic carbocycles. The molecule has 0 saturated heterocycles. The van der Waals surface area contributed by atoms with Gasteiger partial charge >= 0.3 is 0 Å². The normalized spacial score (nSPS) is 13.4. The molecule has 0 bridgehead atoms. The van der Waals surface area contributed by atoms with Crippen LogP contribution in [0.15, 0.2) is 35.0 Å². The zero-order valence-corrected chi connectivity index (χ0v) is 12.9. The van der Waals surface area contributed by atoms with Crippen molar-refractivity contribution in [1.82, 2.24) is 5.32 Å². The van der Waals surface area contributed by atoms with Gasteiger partial charge in [0.1, 0.15) is 0 Å². The number of hydrogen-bond donors (Lipinski definition) is 1. The van der Waals surface area contributed by atoms with Crippen molar-refractivity contribution in [3.8, 4) is 0 Å². The second-order valence-corrected chi connectivity index (χ2v) is 7.05. The summed E-state index contributed by atoms with van der Waals surface area (Å²) in [6.07, 6.45) is 0. The maximum absolute atomic E-state index is 3.73. The monoisotopic (exact) mass is 279 g/mol. The molecule has 18 heavy (non-hydrogen) atoms. The Labute approximate surface area is 118 Å². The van der Waals surface area contributed by atoms with Crippen LogP contribution in [0.25, 0.3) is 0 Å². The highest BCUT2D eigenvalue weighted by Gasteiger charge is 2.17. The molecule has 3 heteroatoms. The Kier molecular flexibility index (Phi) is 4.98. The van der Waals surface area contributed by atoms with Gasteiger partial charge in [0.05, 0.1) is 6.04 Å². The van der Waals surface area contributed by atoms with Gasteiger partial charge in [-0.05, 0) is 41.3 Å². The average molecular weight is 279 g/mol. The smallest absolute Gasteiger partial charge is 0.0764 e. The van der Waals surface area contributed by atoms with Crippen molar-refractivity contribution in [2.45, 2.75) is 26.8 Å². The fourth-order valence-electron chi connectivity index (χ4n) is 1.79. The number of nitrogens with one attached hydrogen (secondary N) is 1. The Morgan fingerprint density at radius 2 is 1.56 bits per heavy atom. The van der Waals surface area contributed by atoms with E-state index < -0.39 is 0 Å². The minimum Gasteiger partial charge on any atom is -0.305 e. The van der Waals surface area contributed by atoms with Crippen LogP contribution in [-0.2, 0) is 0 Å². The zero-order valence-electron chi connectivity index (χ0n) is 11.2.